The summed E-state index contributed by atoms with van der Waals surface area (Å²) in [6, 6.07) is 18.3. The molecule has 0 aliphatic heterocycles. The lowest BCUT2D eigenvalue weighted by molar-refractivity contribution is -0.118. The van der Waals surface area contributed by atoms with Crippen molar-refractivity contribution in [1.29, 1.82) is 0 Å². The van der Waals surface area contributed by atoms with Crippen LogP contribution >= 0.6 is 15.9 Å². The quantitative estimate of drug-likeness (QED) is 0.501. The molecule has 0 saturated carbocycles. The Balaban J connectivity index is 1.44. The SMILES string of the molecule is O=C(COc1ccc(Br)cc1)Nc1ccc2nn(-c3ccc(F)cc3)nc2c1. The third kappa shape index (κ3) is 4.17. The van der Waals surface area contributed by atoms with E-state index in [1.165, 1.54) is 16.9 Å². The molecule has 140 valence electrons. The molecule has 0 aliphatic carbocycles. The molecule has 0 fully saturated rings. The highest BCUT2D eigenvalue weighted by atomic mass is 79.9. The number of hydrogen-bond donors (Lipinski definition) is 1. The number of amides is 1. The van der Waals surface area contributed by atoms with Crippen molar-refractivity contribution < 1.29 is 13.9 Å². The van der Waals surface area contributed by atoms with Gasteiger partial charge in [-0.25, -0.2) is 4.39 Å². The minimum atomic E-state index is -0.323. The number of benzene rings is 3. The fraction of sp³-hybridized carbons (Fsp3) is 0.0500. The molecule has 0 unspecified atom stereocenters. The van der Waals surface area contributed by atoms with E-state index in [0.29, 0.717) is 28.2 Å². The molecule has 0 bridgehead atoms. The maximum absolute atomic E-state index is 13.1. The number of anilines is 1. The number of ether oxygens (including phenoxy) is 1. The molecule has 6 nitrogen and oxygen atoms in total. The van der Waals surface area contributed by atoms with E-state index < -0.39 is 0 Å². The number of nitrogens with zero attached hydrogens (tertiary/aromatic N) is 3. The maximum atomic E-state index is 13.1. The summed E-state index contributed by atoms with van der Waals surface area (Å²) in [6.45, 7) is -0.109. The minimum Gasteiger partial charge on any atom is -0.484 e. The number of halogens is 2. The van der Waals surface area contributed by atoms with Crippen LogP contribution in [0.25, 0.3) is 16.7 Å². The zero-order valence-corrected chi connectivity index (χ0v) is 16.1. The third-order valence-corrected chi connectivity index (χ3v) is 4.43. The van der Waals surface area contributed by atoms with Gasteiger partial charge in [0.15, 0.2) is 6.61 Å². The maximum Gasteiger partial charge on any atom is 0.262 e. The number of hydrogen-bond acceptors (Lipinski definition) is 4. The second-order valence-corrected chi connectivity index (χ2v) is 6.88. The largest absolute Gasteiger partial charge is 0.484 e. The van der Waals surface area contributed by atoms with E-state index >= 15 is 0 Å². The van der Waals surface area contributed by atoms with Crippen LogP contribution in [0.5, 0.6) is 5.75 Å². The number of carbonyl (C=O) groups excluding carboxylic acids is 1. The van der Waals surface area contributed by atoms with Crippen LogP contribution in [-0.2, 0) is 4.79 Å². The smallest absolute Gasteiger partial charge is 0.262 e. The van der Waals surface area contributed by atoms with Gasteiger partial charge in [-0.05, 0) is 66.7 Å². The average molecular weight is 441 g/mol. The van der Waals surface area contributed by atoms with E-state index in [1.807, 2.05) is 12.1 Å². The van der Waals surface area contributed by atoms with E-state index in [9.17, 15) is 9.18 Å². The highest BCUT2D eigenvalue weighted by Gasteiger charge is 2.08. The van der Waals surface area contributed by atoms with Crippen molar-refractivity contribution in [1.82, 2.24) is 15.0 Å². The number of nitrogens with one attached hydrogen (secondary N) is 1. The molecule has 0 spiro atoms. The zero-order valence-electron chi connectivity index (χ0n) is 14.5. The van der Waals surface area contributed by atoms with Crippen molar-refractivity contribution in [2.75, 3.05) is 11.9 Å². The Morgan fingerprint density at radius 1 is 1.00 bits per heavy atom. The van der Waals surface area contributed by atoms with Crippen molar-refractivity contribution in [3.8, 4) is 11.4 Å². The first-order valence-corrected chi connectivity index (χ1v) is 9.17. The van der Waals surface area contributed by atoms with Crippen LogP contribution in [0.1, 0.15) is 0 Å². The first kappa shape index (κ1) is 18.1. The lowest BCUT2D eigenvalue weighted by atomic mass is 10.3. The first-order valence-electron chi connectivity index (χ1n) is 8.38. The summed E-state index contributed by atoms with van der Waals surface area (Å²) in [5.74, 6) is 0.0000501. The molecular formula is C20H14BrFN4O2. The molecule has 0 aliphatic rings. The van der Waals surface area contributed by atoms with Gasteiger partial charge in [-0.15, -0.1) is 10.2 Å². The van der Waals surface area contributed by atoms with Crippen LogP contribution in [0.4, 0.5) is 10.1 Å². The summed E-state index contributed by atoms with van der Waals surface area (Å²) in [4.78, 5) is 13.5. The average Bonchev–Trinajstić information content (AvgIpc) is 3.11. The van der Waals surface area contributed by atoms with Gasteiger partial charge in [0, 0.05) is 10.2 Å². The molecule has 1 heterocycles. The molecule has 1 amide bonds. The zero-order chi connectivity index (χ0) is 19.5. The van der Waals surface area contributed by atoms with Gasteiger partial charge in [0.2, 0.25) is 0 Å². The summed E-state index contributed by atoms with van der Waals surface area (Å²) in [6.07, 6.45) is 0. The van der Waals surface area contributed by atoms with Gasteiger partial charge in [0.1, 0.15) is 22.6 Å². The second-order valence-electron chi connectivity index (χ2n) is 5.96. The fourth-order valence-corrected chi connectivity index (χ4v) is 2.82. The third-order valence-electron chi connectivity index (χ3n) is 3.91. The van der Waals surface area contributed by atoms with Crippen LogP contribution in [0, 0.1) is 5.82 Å². The van der Waals surface area contributed by atoms with Crippen molar-refractivity contribution in [2.24, 2.45) is 0 Å². The number of fused-ring (bicyclic) bond motifs is 1. The second kappa shape index (κ2) is 7.77. The predicted octanol–water partition coefficient (Wildman–Crippen LogP) is 4.34. The van der Waals surface area contributed by atoms with Crippen molar-refractivity contribution in [3.05, 3.63) is 77.0 Å². The summed E-state index contributed by atoms with van der Waals surface area (Å²) in [7, 11) is 0. The highest BCUT2D eigenvalue weighted by molar-refractivity contribution is 9.10. The summed E-state index contributed by atoms with van der Waals surface area (Å²) >= 11 is 3.34. The Bertz CT molecular complexity index is 1130. The molecule has 4 aromatic rings. The van der Waals surface area contributed by atoms with E-state index in [1.54, 1.807) is 42.5 Å². The summed E-state index contributed by atoms with van der Waals surface area (Å²) < 4.78 is 19.5. The topological polar surface area (TPSA) is 69.0 Å². The van der Waals surface area contributed by atoms with Crippen LogP contribution < -0.4 is 10.1 Å². The molecule has 0 atom stereocenters. The Morgan fingerprint density at radius 3 is 2.46 bits per heavy atom. The van der Waals surface area contributed by atoms with E-state index in [2.05, 4.69) is 31.4 Å². The van der Waals surface area contributed by atoms with E-state index in [4.69, 9.17) is 4.74 Å². The Labute approximate surface area is 168 Å². The monoisotopic (exact) mass is 440 g/mol. The fourth-order valence-electron chi connectivity index (χ4n) is 2.56. The van der Waals surface area contributed by atoms with Gasteiger partial charge in [-0.2, -0.15) is 4.80 Å². The lowest BCUT2D eigenvalue weighted by Gasteiger charge is -2.07. The highest BCUT2D eigenvalue weighted by Crippen LogP contribution is 2.19. The molecule has 8 heteroatoms. The minimum absolute atomic E-state index is 0.109. The number of rotatable bonds is 5. The van der Waals surface area contributed by atoms with Gasteiger partial charge in [0.05, 0.1) is 5.69 Å². The first-order chi connectivity index (χ1) is 13.6. The Kier molecular flexibility index (Phi) is 5.03. The van der Waals surface area contributed by atoms with E-state index in [-0.39, 0.29) is 18.3 Å². The molecule has 1 N–H and O–H groups in total. The molecule has 3 aromatic carbocycles. The molecule has 28 heavy (non-hydrogen) atoms. The molecular weight excluding hydrogens is 427 g/mol. The standard InChI is InChI=1S/C20H14BrFN4O2/c21-13-1-8-17(9-2-13)28-12-20(27)23-15-5-10-18-19(11-15)25-26(24-18)16-6-3-14(22)4-7-16/h1-11H,12H2,(H,23,27). The van der Waals surface area contributed by atoms with Gasteiger partial charge in [-0.3, -0.25) is 4.79 Å². The van der Waals surface area contributed by atoms with Crippen LogP contribution in [-0.4, -0.2) is 27.5 Å². The van der Waals surface area contributed by atoms with Crippen LogP contribution in [0.15, 0.2) is 71.2 Å². The van der Waals surface area contributed by atoms with Crippen LogP contribution in [0.2, 0.25) is 0 Å². The predicted molar refractivity (Wildman–Crippen MR) is 107 cm³/mol. The molecule has 0 radical (unpaired) electrons. The van der Waals surface area contributed by atoms with Crippen molar-refractivity contribution in [2.45, 2.75) is 0 Å². The summed E-state index contributed by atoms with van der Waals surface area (Å²) in [5, 5.41) is 11.5. The Hall–Kier alpha value is -3.26. The van der Waals surface area contributed by atoms with Gasteiger partial charge in [0.25, 0.3) is 5.91 Å². The number of aromatic nitrogens is 3. The van der Waals surface area contributed by atoms with Crippen molar-refractivity contribution >= 4 is 38.6 Å². The molecule has 4 rings (SSSR count). The van der Waals surface area contributed by atoms with E-state index in [0.717, 1.165) is 4.47 Å². The Morgan fingerprint density at radius 2 is 1.71 bits per heavy atom. The summed E-state index contributed by atoms with van der Waals surface area (Å²) in [5.41, 5.74) is 2.50. The van der Waals surface area contributed by atoms with Gasteiger partial charge >= 0.3 is 0 Å². The number of carbonyl (C=O) groups is 1. The molecule has 1 aromatic heterocycles. The van der Waals surface area contributed by atoms with Crippen molar-refractivity contribution in [3.63, 3.8) is 0 Å². The van der Waals surface area contributed by atoms with Crippen LogP contribution in [0.3, 0.4) is 0 Å². The van der Waals surface area contributed by atoms with Gasteiger partial charge in [-0.1, -0.05) is 15.9 Å². The normalized spacial score (nSPS) is 10.8. The molecule has 0 saturated heterocycles. The lowest BCUT2D eigenvalue weighted by Crippen LogP contribution is -2.20. The van der Waals surface area contributed by atoms with Gasteiger partial charge < -0.3 is 10.1 Å².